The second kappa shape index (κ2) is 5.14. The third-order valence-electron chi connectivity index (χ3n) is 3.30. The fraction of sp³-hybridized carbons (Fsp3) is 0.583. The van der Waals surface area contributed by atoms with Gasteiger partial charge in [-0.15, -0.1) is 0 Å². The van der Waals surface area contributed by atoms with Crippen LogP contribution in [0, 0.1) is 5.92 Å². The van der Waals surface area contributed by atoms with E-state index in [1.54, 1.807) is 6.07 Å². The molecule has 0 aromatic carbocycles. The Bertz CT molecular complexity index is 398. The standard InChI is InChI=1S/C12H16F3N3/c13-12(14,15)10-2-1-3-11(17-10)18-6-4-9(8-16)5-7-18/h1-3,9H,4-8,16H2. The molecule has 1 fully saturated rings. The van der Waals surface area contributed by atoms with E-state index in [9.17, 15) is 13.2 Å². The maximum atomic E-state index is 12.6. The molecule has 0 aliphatic carbocycles. The van der Waals surface area contributed by atoms with Crippen LogP contribution >= 0.6 is 0 Å². The van der Waals surface area contributed by atoms with E-state index in [1.807, 2.05) is 4.90 Å². The summed E-state index contributed by atoms with van der Waals surface area (Å²) in [7, 11) is 0. The minimum atomic E-state index is -4.38. The van der Waals surface area contributed by atoms with Crippen molar-refractivity contribution in [3.63, 3.8) is 0 Å². The molecule has 2 N–H and O–H groups in total. The van der Waals surface area contributed by atoms with Crippen molar-refractivity contribution in [2.75, 3.05) is 24.5 Å². The second-order valence-electron chi connectivity index (χ2n) is 4.54. The summed E-state index contributed by atoms with van der Waals surface area (Å²) in [6, 6.07) is 4.02. The van der Waals surface area contributed by atoms with Crippen LogP contribution in [0.3, 0.4) is 0 Å². The molecule has 0 radical (unpaired) electrons. The molecule has 0 bridgehead atoms. The van der Waals surface area contributed by atoms with Gasteiger partial charge >= 0.3 is 6.18 Å². The van der Waals surface area contributed by atoms with Crippen LogP contribution < -0.4 is 10.6 Å². The molecule has 6 heteroatoms. The average molecular weight is 259 g/mol. The molecule has 1 saturated heterocycles. The Morgan fingerprint density at radius 3 is 2.50 bits per heavy atom. The minimum Gasteiger partial charge on any atom is -0.357 e. The highest BCUT2D eigenvalue weighted by molar-refractivity contribution is 5.40. The summed E-state index contributed by atoms with van der Waals surface area (Å²) in [4.78, 5) is 5.58. The van der Waals surface area contributed by atoms with E-state index in [2.05, 4.69) is 4.98 Å². The van der Waals surface area contributed by atoms with Gasteiger partial charge in [-0.2, -0.15) is 13.2 Å². The topological polar surface area (TPSA) is 42.1 Å². The quantitative estimate of drug-likeness (QED) is 0.886. The molecule has 1 aromatic heterocycles. The summed E-state index contributed by atoms with van der Waals surface area (Å²) in [6.07, 6.45) is -2.56. The van der Waals surface area contributed by atoms with Crippen molar-refractivity contribution in [3.8, 4) is 0 Å². The van der Waals surface area contributed by atoms with Crippen molar-refractivity contribution in [2.45, 2.75) is 19.0 Å². The number of hydrogen-bond donors (Lipinski definition) is 1. The normalized spacial score (nSPS) is 18.1. The molecule has 2 heterocycles. The predicted octanol–water partition coefficient (Wildman–Crippen LogP) is 2.28. The zero-order valence-corrected chi connectivity index (χ0v) is 9.95. The van der Waals surface area contributed by atoms with Gasteiger partial charge in [0.05, 0.1) is 0 Å². The number of hydrogen-bond acceptors (Lipinski definition) is 3. The van der Waals surface area contributed by atoms with Crippen LogP contribution in [0.2, 0.25) is 0 Å². The van der Waals surface area contributed by atoms with Crippen LogP contribution in [0.5, 0.6) is 0 Å². The summed E-state index contributed by atoms with van der Waals surface area (Å²) < 4.78 is 37.7. The summed E-state index contributed by atoms with van der Waals surface area (Å²) in [5.41, 5.74) is 4.75. The average Bonchev–Trinajstić information content (AvgIpc) is 2.38. The van der Waals surface area contributed by atoms with Crippen LogP contribution in [-0.4, -0.2) is 24.6 Å². The Morgan fingerprint density at radius 1 is 1.28 bits per heavy atom. The maximum Gasteiger partial charge on any atom is 0.433 e. The lowest BCUT2D eigenvalue weighted by atomic mass is 9.97. The summed E-state index contributed by atoms with van der Waals surface area (Å²) in [5, 5.41) is 0. The van der Waals surface area contributed by atoms with Gasteiger partial charge in [0.2, 0.25) is 0 Å². The molecular formula is C12H16F3N3. The van der Waals surface area contributed by atoms with Crippen LogP contribution in [0.25, 0.3) is 0 Å². The Balaban J connectivity index is 2.10. The molecule has 1 aliphatic heterocycles. The van der Waals surface area contributed by atoms with E-state index >= 15 is 0 Å². The zero-order chi connectivity index (χ0) is 13.2. The maximum absolute atomic E-state index is 12.6. The van der Waals surface area contributed by atoms with Gasteiger partial charge in [0, 0.05) is 13.1 Å². The number of piperidine rings is 1. The van der Waals surface area contributed by atoms with E-state index < -0.39 is 11.9 Å². The molecule has 0 amide bonds. The first-order chi connectivity index (χ1) is 8.50. The third kappa shape index (κ3) is 2.93. The Kier molecular flexibility index (Phi) is 3.75. The van der Waals surface area contributed by atoms with E-state index in [4.69, 9.17) is 5.73 Å². The van der Waals surface area contributed by atoms with Crippen molar-refractivity contribution < 1.29 is 13.2 Å². The second-order valence-corrected chi connectivity index (χ2v) is 4.54. The number of anilines is 1. The van der Waals surface area contributed by atoms with Crippen LogP contribution in [0.1, 0.15) is 18.5 Å². The zero-order valence-electron chi connectivity index (χ0n) is 9.95. The van der Waals surface area contributed by atoms with Gasteiger partial charge in [-0.25, -0.2) is 4.98 Å². The van der Waals surface area contributed by atoms with Gasteiger partial charge in [-0.3, -0.25) is 0 Å². The number of nitrogens with zero attached hydrogens (tertiary/aromatic N) is 2. The Labute approximate surface area is 104 Å². The highest BCUT2D eigenvalue weighted by Crippen LogP contribution is 2.29. The van der Waals surface area contributed by atoms with Gasteiger partial charge in [0.1, 0.15) is 11.5 Å². The van der Waals surface area contributed by atoms with Crippen molar-refractivity contribution in [3.05, 3.63) is 23.9 Å². The number of rotatable bonds is 2. The van der Waals surface area contributed by atoms with E-state index in [-0.39, 0.29) is 0 Å². The van der Waals surface area contributed by atoms with E-state index in [1.165, 1.54) is 6.07 Å². The Hall–Kier alpha value is -1.30. The predicted molar refractivity (Wildman–Crippen MR) is 63.2 cm³/mol. The highest BCUT2D eigenvalue weighted by Gasteiger charge is 2.33. The summed E-state index contributed by atoms with van der Waals surface area (Å²) in [5.74, 6) is 0.882. The fourth-order valence-corrected chi connectivity index (χ4v) is 2.16. The molecule has 0 atom stereocenters. The molecule has 3 nitrogen and oxygen atoms in total. The fourth-order valence-electron chi connectivity index (χ4n) is 2.16. The van der Waals surface area contributed by atoms with Gasteiger partial charge in [-0.05, 0) is 37.4 Å². The Morgan fingerprint density at radius 2 is 1.94 bits per heavy atom. The molecule has 1 aliphatic rings. The smallest absolute Gasteiger partial charge is 0.357 e. The lowest BCUT2D eigenvalue weighted by Crippen LogP contribution is -2.36. The molecule has 100 valence electrons. The number of halogens is 3. The summed E-state index contributed by atoms with van der Waals surface area (Å²) in [6.45, 7) is 2.08. The first-order valence-corrected chi connectivity index (χ1v) is 6.00. The molecular weight excluding hydrogens is 243 g/mol. The van der Waals surface area contributed by atoms with E-state index in [0.29, 0.717) is 18.3 Å². The van der Waals surface area contributed by atoms with Crippen molar-refractivity contribution >= 4 is 5.82 Å². The highest BCUT2D eigenvalue weighted by atomic mass is 19.4. The third-order valence-corrected chi connectivity index (χ3v) is 3.30. The number of nitrogens with two attached hydrogens (primary N) is 1. The largest absolute Gasteiger partial charge is 0.433 e. The molecule has 0 spiro atoms. The first kappa shape index (κ1) is 13.1. The number of alkyl halides is 3. The molecule has 18 heavy (non-hydrogen) atoms. The van der Waals surface area contributed by atoms with E-state index in [0.717, 1.165) is 32.0 Å². The molecule has 1 aromatic rings. The summed E-state index contributed by atoms with van der Waals surface area (Å²) >= 11 is 0. The van der Waals surface area contributed by atoms with Crippen molar-refractivity contribution in [1.82, 2.24) is 4.98 Å². The molecule has 0 saturated carbocycles. The van der Waals surface area contributed by atoms with Crippen LogP contribution in [0.4, 0.5) is 19.0 Å². The van der Waals surface area contributed by atoms with Crippen molar-refractivity contribution in [1.29, 1.82) is 0 Å². The van der Waals surface area contributed by atoms with Crippen molar-refractivity contribution in [2.24, 2.45) is 11.7 Å². The first-order valence-electron chi connectivity index (χ1n) is 6.00. The lowest BCUT2D eigenvalue weighted by molar-refractivity contribution is -0.141. The van der Waals surface area contributed by atoms with Gasteiger partial charge in [-0.1, -0.05) is 6.07 Å². The van der Waals surface area contributed by atoms with Crippen LogP contribution in [-0.2, 0) is 6.18 Å². The number of aromatic nitrogens is 1. The SMILES string of the molecule is NCC1CCN(c2cccc(C(F)(F)F)n2)CC1. The molecule has 2 rings (SSSR count). The molecule has 0 unspecified atom stereocenters. The van der Waals surface area contributed by atoms with Gasteiger partial charge in [0.25, 0.3) is 0 Å². The number of pyridine rings is 1. The minimum absolute atomic E-state index is 0.403. The van der Waals surface area contributed by atoms with Crippen LogP contribution in [0.15, 0.2) is 18.2 Å². The lowest BCUT2D eigenvalue weighted by Gasteiger charge is -2.32. The monoisotopic (exact) mass is 259 g/mol. The van der Waals surface area contributed by atoms with Gasteiger partial charge in [0.15, 0.2) is 0 Å². The van der Waals surface area contributed by atoms with Gasteiger partial charge < -0.3 is 10.6 Å².